The summed E-state index contributed by atoms with van der Waals surface area (Å²) in [6, 6.07) is 9.73. The number of nitrogens with zero attached hydrogens (tertiary/aromatic N) is 3. The van der Waals surface area contributed by atoms with Crippen LogP contribution in [0.4, 0.5) is 19.0 Å². The number of methoxy groups -OCH3 is 2. The number of hydrazine groups is 1. The number of carbonyl (C=O) groups is 4. The number of likely N-dealkylation sites (tertiary alicyclic amines) is 1. The predicted molar refractivity (Wildman–Crippen MR) is 180 cm³/mol. The van der Waals surface area contributed by atoms with Crippen LogP contribution in [0.25, 0.3) is 0 Å². The lowest BCUT2D eigenvalue weighted by Gasteiger charge is -2.50. The number of phenols is 1. The molecule has 2 aliphatic heterocycles. The average molecular weight is 760 g/mol. The Kier molecular flexibility index (Phi) is 8.68. The number of imide groups is 2. The zero-order chi connectivity index (χ0) is 37.4. The van der Waals surface area contributed by atoms with Crippen LogP contribution in [0, 0.1) is 23.7 Å². The quantitative estimate of drug-likeness (QED) is 0.215. The smallest absolute Gasteiger partial charge is 0.417 e. The zero-order valence-corrected chi connectivity index (χ0v) is 29.3. The minimum Gasteiger partial charge on any atom is -0.507 e. The number of amides is 4. The Bertz CT molecular complexity index is 2060. The maximum atomic E-state index is 15.3. The van der Waals surface area contributed by atoms with Gasteiger partial charge in [-0.25, -0.2) is 4.98 Å². The summed E-state index contributed by atoms with van der Waals surface area (Å²) in [5.74, 6) is -7.48. The molecule has 272 valence electrons. The van der Waals surface area contributed by atoms with E-state index in [1.165, 1.54) is 31.3 Å². The molecule has 6 atom stereocenters. The molecule has 4 aliphatic rings. The summed E-state index contributed by atoms with van der Waals surface area (Å²) < 4.78 is 51.5. The van der Waals surface area contributed by atoms with Crippen LogP contribution in [0.1, 0.15) is 42.4 Å². The first kappa shape index (κ1) is 35.6. The van der Waals surface area contributed by atoms with Gasteiger partial charge in [0, 0.05) is 41.4 Å². The molecule has 1 aromatic heterocycles. The molecule has 2 aliphatic carbocycles. The van der Waals surface area contributed by atoms with E-state index in [1.54, 1.807) is 37.3 Å². The van der Waals surface area contributed by atoms with E-state index in [4.69, 9.17) is 32.7 Å². The number of benzene rings is 2. The molecule has 11 nitrogen and oxygen atoms in total. The van der Waals surface area contributed by atoms with Gasteiger partial charge in [-0.2, -0.15) is 18.2 Å². The molecule has 2 N–H and O–H groups in total. The number of fused-ring (bicyclic) bond motifs is 4. The number of alkyl halides is 3. The summed E-state index contributed by atoms with van der Waals surface area (Å²) in [5.41, 5.74) is 0.558. The highest BCUT2D eigenvalue weighted by molar-refractivity contribution is 6.33. The Balaban J connectivity index is 1.49. The molecule has 1 saturated carbocycles. The van der Waals surface area contributed by atoms with E-state index in [2.05, 4.69) is 10.4 Å². The molecule has 3 heterocycles. The van der Waals surface area contributed by atoms with Gasteiger partial charge >= 0.3 is 6.18 Å². The fourth-order valence-electron chi connectivity index (χ4n) is 8.64. The maximum Gasteiger partial charge on any atom is 0.417 e. The number of ether oxygens (including phenoxy) is 2. The Hall–Kier alpha value is -4.82. The van der Waals surface area contributed by atoms with Crippen LogP contribution in [-0.2, 0) is 30.8 Å². The average Bonchev–Trinajstić information content (AvgIpc) is 3.49. The van der Waals surface area contributed by atoms with Crippen molar-refractivity contribution in [1.29, 1.82) is 0 Å². The van der Waals surface area contributed by atoms with Crippen LogP contribution < -0.4 is 14.9 Å². The highest BCUT2D eigenvalue weighted by atomic mass is 35.5. The lowest BCUT2D eigenvalue weighted by atomic mass is 9.49. The van der Waals surface area contributed by atoms with Crippen LogP contribution >= 0.6 is 23.2 Å². The second-order valence-electron chi connectivity index (χ2n) is 13.1. The first-order valence-corrected chi connectivity index (χ1v) is 17.1. The fraction of sp³-hybridized carbons (Fsp3) is 0.361. The van der Waals surface area contributed by atoms with Gasteiger partial charge in [-0.15, -0.1) is 0 Å². The van der Waals surface area contributed by atoms with Gasteiger partial charge in [-0.05, 0) is 49.4 Å². The van der Waals surface area contributed by atoms with Gasteiger partial charge < -0.3 is 14.6 Å². The van der Waals surface area contributed by atoms with Gasteiger partial charge in [0.25, 0.3) is 11.8 Å². The van der Waals surface area contributed by atoms with Crippen molar-refractivity contribution < 1.29 is 46.9 Å². The molecule has 52 heavy (non-hydrogen) atoms. The normalized spacial score (nSPS) is 26.9. The third-order valence-electron chi connectivity index (χ3n) is 10.8. The van der Waals surface area contributed by atoms with Crippen molar-refractivity contribution in [2.24, 2.45) is 23.7 Å². The third-order valence-corrected chi connectivity index (χ3v) is 11.3. The highest BCUT2D eigenvalue weighted by Crippen LogP contribution is 2.66. The number of aromatic hydroxyl groups is 1. The van der Waals surface area contributed by atoms with Gasteiger partial charge in [0.05, 0.1) is 48.0 Å². The van der Waals surface area contributed by atoms with E-state index in [1.807, 2.05) is 0 Å². The van der Waals surface area contributed by atoms with Crippen molar-refractivity contribution in [3.05, 3.63) is 87.0 Å². The summed E-state index contributed by atoms with van der Waals surface area (Å²) in [6.07, 6.45) is -2.35. The number of hydrogen-bond acceptors (Lipinski definition) is 9. The number of aromatic nitrogens is 1. The van der Waals surface area contributed by atoms with Gasteiger partial charge in [-0.3, -0.25) is 29.5 Å². The Morgan fingerprint density at radius 2 is 1.71 bits per heavy atom. The van der Waals surface area contributed by atoms with Crippen molar-refractivity contribution >= 4 is 52.6 Å². The summed E-state index contributed by atoms with van der Waals surface area (Å²) >= 11 is 12.5. The van der Waals surface area contributed by atoms with E-state index < -0.39 is 75.3 Å². The summed E-state index contributed by atoms with van der Waals surface area (Å²) in [7, 11) is 2.76. The lowest BCUT2D eigenvalue weighted by Crippen LogP contribution is -2.53. The van der Waals surface area contributed by atoms with Crippen LogP contribution in [0.5, 0.6) is 17.2 Å². The molecule has 3 aromatic rings. The molecular weight excluding hydrogens is 728 g/mol. The van der Waals surface area contributed by atoms with Crippen LogP contribution in [0.3, 0.4) is 0 Å². The standard InChI is InChI=1S/C36H31Cl2F3N4O7/c1-4-44-31(47)21-10-9-20-22(27(21)33(44)49)14-23-32(48)45(43-30-24(38)11-17(15-42-30)36(39,40)41)34(50)35(23,16-5-7-18(37)8-6-16)29(20)28-25(46)12-19(51-2)13-26(28)52-3/h5-9,11-13,15,21-23,27,29,46H,4,10,14H2,1-3H3,(H,42,43). The minimum atomic E-state index is -4.76. The SMILES string of the molecule is CCN1C(=O)C2CC=C3C(CC4C(=O)N(Nc5ncc(C(F)(F)F)cc5Cl)C(=O)C4(c4ccc(Cl)cc4)C3c3c(O)cc(OC)cc3OC)C2C1=O. The first-order chi connectivity index (χ1) is 24.7. The van der Waals surface area contributed by atoms with Crippen molar-refractivity contribution in [3.8, 4) is 17.2 Å². The van der Waals surface area contributed by atoms with E-state index >= 15 is 4.79 Å². The predicted octanol–water partition coefficient (Wildman–Crippen LogP) is 6.13. The second kappa shape index (κ2) is 12.7. The van der Waals surface area contributed by atoms with Gasteiger partial charge in [0.2, 0.25) is 11.8 Å². The molecule has 16 heteroatoms. The number of anilines is 1. The number of nitrogens with one attached hydrogen (secondary N) is 1. The summed E-state index contributed by atoms with van der Waals surface area (Å²) in [4.78, 5) is 62.4. The zero-order valence-electron chi connectivity index (χ0n) is 27.8. The molecule has 0 spiro atoms. The summed E-state index contributed by atoms with van der Waals surface area (Å²) in [6.45, 7) is 1.84. The molecule has 3 fully saturated rings. The van der Waals surface area contributed by atoms with Crippen LogP contribution in [0.2, 0.25) is 10.0 Å². The van der Waals surface area contributed by atoms with Gasteiger partial charge in [0.1, 0.15) is 17.2 Å². The molecule has 2 aromatic carbocycles. The van der Waals surface area contributed by atoms with Gasteiger partial charge in [0.15, 0.2) is 5.82 Å². The maximum absolute atomic E-state index is 15.3. The first-order valence-electron chi connectivity index (χ1n) is 16.3. The Morgan fingerprint density at radius 3 is 2.33 bits per heavy atom. The number of phenolic OH excluding ortho intramolecular Hbond substituents is 1. The molecule has 0 radical (unpaired) electrons. The number of allylic oxidation sites excluding steroid dienone is 2. The van der Waals surface area contributed by atoms with Crippen molar-refractivity contribution in [1.82, 2.24) is 14.9 Å². The Labute approximate surface area is 305 Å². The van der Waals surface area contributed by atoms with Gasteiger partial charge in [-0.1, -0.05) is 47.0 Å². The number of carbonyl (C=O) groups excluding carboxylic acids is 4. The summed E-state index contributed by atoms with van der Waals surface area (Å²) in [5, 5.41) is 12.3. The molecular formula is C36H31Cl2F3N4O7. The van der Waals surface area contributed by atoms with E-state index in [0.717, 1.165) is 0 Å². The second-order valence-corrected chi connectivity index (χ2v) is 13.9. The fourth-order valence-corrected chi connectivity index (χ4v) is 8.97. The molecule has 0 bridgehead atoms. The molecule has 6 unspecified atom stereocenters. The third kappa shape index (κ3) is 5.12. The number of rotatable bonds is 7. The minimum absolute atomic E-state index is 0.0706. The lowest BCUT2D eigenvalue weighted by molar-refractivity contribution is -0.141. The van der Waals surface area contributed by atoms with Crippen molar-refractivity contribution in [2.45, 2.75) is 37.3 Å². The number of hydrogen-bond donors (Lipinski definition) is 2. The van der Waals surface area contributed by atoms with E-state index in [9.17, 15) is 32.7 Å². The van der Waals surface area contributed by atoms with Crippen LogP contribution in [0.15, 0.2) is 60.3 Å². The largest absolute Gasteiger partial charge is 0.507 e. The van der Waals surface area contributed by atoms with E-state index in [-0.39, 0.29) is 48.1 Å². The van der Waals surface area contributed by atoms with Crippen molar-refractivity contribution in [3.63, 3.8) is 0 Å². The highest BCUT2D eigenvalue weighted by Gasteiger charge is 2.71. The molecule has 4 amide bonds. The monoisotopic (exact) mass is 758 g/mol. The molecule has 7 rings (SSSR count). The van der Waals surface area contributed by atoms with Crippen LogP contribution in [-0.4, -0.2) is 64.4 Å². The Morgan fingerprint density at radius 1 is 1.00 bits per heavy atom. The number of pyridine rings is 1. The number of halogens is 5. The van der Waals surface area contributed by atoms with Crippen molar-refractivity contribution in [2.75, 3.05) is 26.2 Å². The molecule has 2 saturated heterocycles. The topological polar surface area (TPSA) is 138 Å². The van der Waals surface area contributed by atoms with E-state index in [0.29, 0.717) is 33.4 Å².